The molecule has 0 aliphatic carbocycles. The van der Waals surface area contributed by atoms with E-state index in [0.717, 1.165) is 0 Å². The van der Waals surface area contributed by atoms with Crippen LogP contribution in [0.4, 0.5) is 14.9 Å². The number of carbonyl (C=O) groups excluding carboxylic acids is 1. The van der Waals surface area contributed by atoms with Gasteiger partial charge in [-0.05, 0) is 18.2 Å². The summed E-state index contributed by atoms with van der Waals surface area (Å²) in [5, 5.41) is 22.0. The molecule has 1 rings (SSSR count). The van der Waals surface area contributed by atoms with Crippen molar-refractivity contribution in [2.45, 2.75) is 12.5 Å². The summed E-state index contributed by atoms with van der Waals surface area (Å²) in [5.41, 5.74) is -0.000479. The number of carboxylic acid groups (broad SMARTS) is 1. The van der Waals surface area contributed by atoms with Crippen LogP contribution >= 0.6 is 15.9 Å². The third-order valence-corrected chi connectivity index (χ3v) is 2.66. The van der Waals surface area contributed by atoms with E-state index >= 15 is 0 Å². The van der Waals surface area contributed by atoms with E-state index in [2.05, 4.69) is 26.6 Å². The predicted molar refractivity (Wildman–Crippen MR) is 69.4 cm³/mol. The first kappa shape index (κ1) is 15.4. The molecule has 6 nitrogen and oxygen atoms in total. The minimum atomic E-state index is -1.54. The van der Waals surface area contributed by atoms with Crippen molar-refractivity contribution in [1.29, 1.82) is 0 Å². The third kappa shape index (κ3) is 5.23. The highest BCUT2D eigenvalue weighted by atomic mass is 79.9. The van der Waals surface area contributed by atoms with Gasteiger partial charge in [0.2, 0.25) is 0 Å². The lowest BCUT2D eigenvalue weighted by Crippen LogP contribution is -2.33. The zero-order valence-corrected chi connectivity index (χ0v) is 11.3. The molecule has 0 radical (unpaired) electrons. The Morgan fingerprint density at radius 3 is 2.68 bits per heavy atom. The van der Waals surface area contributed by atoms with E-state index in [1.54, 1.807) is 6.07 Å². The highest BCUT2D eigenvalue weighted by molar-refractivity contribution is 9.10. The summed E-state index contributed by atoms with van der Waals surface area (Å²) < 4.78 is 13.9. The molecule has 104 valence electrons. The number of carboxylic acids is 1. The van der Waals surface area contributed by atoms with E-state index in [1.807, 2.05) is 0 Å². The minimum Gasteiger partial charge on any atom is -0.479 e. The Morgan fingerprint density at radius 2 is 2.11 bits per heavy atom. The molecule has 8 heteroatoms. The highest BCUT2D eigenvalue weighted by Crippen LogP contribution is 2.19. The largest absolute Gasteiger partial charge is 0.479 e. The van der Waals surface area contributed by atoms with Crippen molar-refractivity contribution in [2.24, 2.45) is 0 Å². The summed E-state index contributed by atoms with van der Waals surface area (Å²) in [7, 11) is 0. The van der Waals surface area contributed by atoms with Gasteiger partial charge in [0.25, 0.3) is 0 Å². The Kier molecular flexibility index (Phi) is 5.71. The zero-order valence-electron chi connectivity index (χ0n) is 9.69. The summed E-state index contributed by atoms with van der Waals surface area (Å²) in [5.74, 6) is -1.96. The van der Waals surface area contributed by atoms with Crippen LogP contribution in [0.5, 0.6) is 0 Å². The molecule has 1 aromatic rings. The number of rotatable bonds is 5. The van der Waals surface area contributed by atoms with Crippen LogP contribution in [0.2, 0.25) is 0 Å². The van der Waals surface area contributed by atoms with Crippen molar-refractivity contribution in [3.63, 3.8) is 0 Å². The number of aliphatic hydroxyl groups is 1. The van der Waals surface area contributed by atoms with Crippen LogP contribution in [0, 0.1) is 5.82 Å². The topological polar surface area (TPSA) is 98.7 Å². The fourth-order valence-electron chi connectivity index (χ4n) is 1.20. The second kappa shape index (κ2) is 7.05. The summed E-state index contributed by atoms with van der Waals surface area (Å²) in [6.07, 6.45) is -1.67. The fraction of sp³-hybridized carbons (Fsp3) is 0.273. The van der Waals surface area contributed by atoms with Gasteiger partial charge in [0.05, 0.1) is 5.69 Å². The SMILES string of the molecule is O=C(NCC[C@H](O)C(=O)O)Nc1ccc(Br)cc1F. The Balaban J connectivity index is 2.41. The number of nitrogens with one attached hydrogen (secondary N) is 2. The molecule has 2 amide bonds. The quantitative estimate of drug-likeness (QED) is 0.656. The van der Waals surface area contributed by atoms with E-state index < -0.39 is 23.9 Å². The molecule has 0 heterocycles. The fourth-order valence-corrected chi connectivity index (χ4v) is 1.54. The van der Waals surface area contributed by atoms with E-state index in [9.17, 15) is 14.0 Å². The molecule has 0 unspecified atom stereocenters. The number of carbonyl (C=O) groups is 2. The van der Waals surface area contributed by atoms with Gasteiger partial charge in [0.15, 0.2) is 6.10 Å². The molecule has 4 N–H and O–H groups in total. The van der Waals surface area contributed by atoms with Gasteiger partial charge < -0.3 is 20.8 Å². The number of aliphatic hydroxyl groups excluding tert-OH is 1. The highest BCUT2D eigenvalue weighted by Gasteiger charge is 2.13. The molecule has 0 spiro atoms. The van der Waals surface area contributed by atoms with Crippen LogP contribution in [0.1, 0.15) is 6.42 Å². The second-order valence-corrected chi connectivity index (χ2v) is 4.56. The normalized spacial score (nSPS) is 11.7. The Morgan fingerprint density at radius 1 is 1.42 bits per heavy atom. The number of hydrogen-bond donors (Lipinski definition) is 4. The minimum absolute atomic E-state index is 0.000479. The molecule has 0 bridgehead atoms. The molecule has 19 heavy (non-hydrogen) atoms. The molecule has 0 aliphatic heterocycles. The Labute approximate surface area is 116 Å². The zero-order chi connectivity index (χ0) is 14.4. The first-order chi connectivity index (χ1) is 8.90. The summed E-state index contributed by atoms with van der Waals surface area (Å²) >= 11 is 3.08. The molecule has 0 aliphatic rings. The number of aliphatic carboxylic acids is 1. The second-order valence-electron chi connectivity index (χ2n) is 3.65. The van der Waals surface area contributed by atoms with Crippen LogP contribution in [-0.4, -0.2) is 34.9 Å². The summed E-state index contributed by atoms with van der Waals surface area (Å²) in [6, 6.07) is 3.46. The van der Waals surface area contributed by atoms with Crippen molar-refractivity contribution >= 4 is 33.6 Å². The van der Waals surface area contributed by atoms with E-state index in [1.165, 1.54) is 12.1 Å². The maximum atomic E-state index is 13.4. The van der Waals surface area contributed by atoms with Gasteiger partial charge >= 0.3 is 12.0 Å². The van der Waals surface area contributed by atoms with Crippen LogP contribution in [0.25, 0.3) is 0 Å². The lowest BCUT2D eigenvalue weighted by Gasteiger charge is -2.09. The van der Waals surface area contributed by atoms with Crippen LogP contribution in [-0.2, 0) is 4.79 Å². The lowest BCUT2D eigenvalue weighted by atomic mass is 10.2. The van der Waals surface area contributed by atoms with E-state index in [-0.39, 0.29) is 18.7 Å². The van der Waals surface area contributed by atoms with Crippen molar-refractivity contribution in [1.82, 2.24) is 5.32 Å². The van der Waals surface area contributed by atoms with Crippen LogP contribution < -0.4 is 10.6 Å². The Bertz CT molecular complexity index is 484. The number of halogens is 2. The molecular weight excluding hydrogens is 323 g/mol. The van der Waals surface area contributed by atoms with Gasteiger partial charge in [-0.2, -0.15) is 0 Å². The van der Waals surface area contributed by atoms with E-state index in [0.29, 0.717) is 4.47 Å². The maximum Gasteiger partial charge on any atom is 0.332 e. The summed E-state index contributed by atoms with van der Waals surface area (Å²) in [4.78, 5) is 21.7. The van der Waals surface area contributed by atoms with Gasteiger partial charge in [-0.15, -0.1) is 0 Å². The monoisotopic (exact) mass is 334 g/mol. The number of urea groups is 1. The molecule has 0 saturated heterocycles. The first-order valence-corrected chi connectivity index (χ1v) is 6.10. The van der Waals surface area contributed by atoms with Crippen molar-refractivity contribution in [3.05, 3.63) is 28.5 Å². The molecule has 0 fully saturated rings. The number of benzene rings is 1. The first-order valence-electron chi connectivity index (χ1n) is 5.31. The predicted octanol–water partition coefficient (Wildman–Crippen LogP) is 1.55. The molecule has 0 saturated carbocycles. The van der Waals surface area contributed by atoms with Gasteiger partial charge in [-0.25, -0.2) is 14.0 Å². The van der Waals surface area contributed by atoms with Gasteiger partial charge in [-0.1, -0.05) is 15.9 Å². The molecule has 1 aromatic carbocycles. The summed E-state index contributed by atoms with van der Waals surface area (Å²) in [6.45, 7) is -0.0442. The lowest BCUT2D eigenvalue weighted by molar-refractivity contribution is -0.146. The molecular formula is C11H12BrFN2O4. The van der Waals surface area contributed by atoms with Gasteiger partial charge in [0, 0.05) is 17.4 Å². The van der Waals surface area contributed by atoms with Gasteiger partial charge in [0.1, 0.15) is 5.82 Å². The Hall–Kier alpha value is -1.67. The van der Waals surface area contributed by atoms with E-state index in [4.69, 9.17) is 10.2 Å². The average molecular weight is 335 g/mol. The van der Waals surface area contributed by atoms with Crippen molar-refractivity contribution < 1.29 is 24.2 Å². The third-order valence-electron chi connectivity index (χ3n) is 2.17. The standard InChI is InChI=1S/C11H12BrFN2O4/c12-6-1-2-8(7(13)5-6)15-11(19)14-4-3-9(16)10(17)18/h1-2,5,9,16H,3-4H2,(H,17,18)(H2,14,15,19)/t9-/m0/s1. The number of hydrogen-bond acceptors (Lipinski definition) is 3. The average Bonchev–Trinajstić information content (AvgIpc) is 2.32. The smallest absolute Gasteiger partial charge is 0.332 e. The maximum absolute atomic E-state index is 13.4. The van der Waals surface area contributed by atoms with Gasteiger partial charge in [-0.3, -0.25) is 0 Å². The van der Waals surface area contributed by atoms with Crippen LogP contribution in [0.15, 0.2) is 22.7 Å². The number of anilines is 1. The molecule has 0 aromatic heterocycles. The van der Waals surface area contributed by atoms with Crippen molar-refractivity contribution in [2.75, 3.05) is 11.9 Å². The van der Waals surface area contributed by atoms with Crippen LogP contribution in [0.3, 0.4) is 0 Å². The van der Waals surface area contributed by atoms with Crippen molar-refractivity contribution in [3.8, 4) is 0 Å². The molecule has 1 atom stereocenters. The number of amides is 2.